The number of amides is 1. The van der Waals surface area contributed by atoms with Gasteiger partial charge in [0.1, 0.15) is 0 Å². The Morgan fingerprint density at radius 3 is 2.48 bits per heavy atom. The molecule has 1 fully saturated rings. The van der Waals surface area contributed by atoms with Crippen molar-refractivity contribution in [3.8, 4) is 0 Å². The zero-order chi connectivity index (χ0) is 14.4. The van der Waals surface area contributed by atoms with Crippen LogP contribution in [0.1, 0.15) is 37.3 Å². The monoisotopic (exact) mass is 310 g/mol. The molecule has 118 valence electrons. The largest absolute Gasteiger partial charge is 0.356 e. The fourth-order valence-corrected chi connectivity index (χ4v) is 2.62. The number of rotatable bonds is 5. The molecule has 1 amide bonds. The summed E-state index contributed by atoms with van der Waals surface area (Å²) in [4.78, 5) is 11.9. The summed E-state index contributed by atoms with van der Waals surface area (Å²) in [5.74, 6) is 0.172. The summed E-state index contributed by atoms with van der Waals surface area (Å²) in [6, 6.07) is 8.42. The smallest absolute Gasteiger partial charge is 0.220 e. The quantitative estimate of drug-likeness (QED) is 0.878. The summed E-state index contributed by atoms with van der Waals surface area (Å²) < 4.78 is 0. The van der Waals surface area contributed by atoms with Crippen LogP contribution in [0.3, 0.4) is 0 Å². The first-order chi connectivity index (χ1) is 9.57. The van der Waals surface area contributed by atoms with Crippen molar-refractivity contribution in [1.82, 2.24) is 10.6 Å². The molecule has 1 aromatic carbocycles. The molecule has 2 N–H and O–H groups in total. The molecule has 0 spiro atoms. The molecule has 1 heterocycles. The Kier molecular flexibility index (Phi) is 7.20. The van der Waals surface area contributed by atoms with Crippen LogP contribution in [-0.4, -0.2) is 25.5 Å². The molecule has 3 nitrogen and oxygen atoms in total. The van der Waals surface area contributed by atoms with Gasteiger partial charge in [-0.3, -0.25) is 4.79 Å². The maximum atomic E-state index is 11.9. The number of piperidine rings is 1. The van der Waals surface area contributed by atoms with Crippen LogP contribution < -0.4 is 10.6 Å². The first-order valence-corrected chi connectivity index (χ1v) is 7.60. The van der Waals surface area contributed by atoms with Gasteiger partial charge in [-0.1, -0.05) is 36.8 Å². The lowest BCUT2D eigenvalue weighted by Gasteiger charge is -2.34. The van der Waals surface area contributed by atoms with Crippen molar-refractivity contribution in [2.24, 2.45) is 5.41 Å². The van der Waals surface area contributed by atoms with Crippen molar-refractivity contribution >= 4 is 18.3 Å². The molecule has 1 aliphatic rings. The number of aryl methyl sites for hydroxylation is 2. The Balaban J connectivity index is 0.00000220. The molecule has 0 aliphatic carbocycles. The first-order valence-electron chi connectivity index (χ1n) is 7.60. The fourth-order valence-electron chi connectivity index (χ4n) is 2.62. The second kappa shape index (κ2) is 8.40. The predicted octanol–water partition coefficient (Wildman–Crippen LogP) is 2.86. The Bertz CT molecular complexity index is 439. The topological polar surface area (TPSA) is 41.1 Å². The summed E-state index contributed by atoms with van der Waals surface area (Å²) >= 11 is 0. The second-order valence-corrected chi connectivity index (χ2v) is 6.32. The Morgan fingerprint density at radius 1 is 1.24 bits per heavy atom. The maximum absolute atomic E-state index is 11.9. The van der Waals surface area contributed by atoms with E-state index >= 15 is 0 Å². The van der Waals surface area contributed by atoms with Gasteiger partial charge in [-0.15, -0.1) is 12.4 Å². The van der Waals surface area contributed by atoms with E-state index in [1.807, 2.05) is 0 Å². The minimum atomic E-state index is 0. The van der Waals surface area contributed by atoms with Gasteiger partial charge in [0.05, 0.1) is 0 Å². The van der Waals surface area contributed by atoms with E-state index in [9.17, 15) is 4.79 Å². The molecule has 0 aromatic heterocycles. The van der Waals surface area contributed by atoms with Crippen LogP contribution >= 0.6 is 12.4 Å². The van der Waals surface area contributed by atoms with Gasteiger partial charge in [-0.05, 0) is 50.3 Å². The summed E-state index contributed by atoms with van der Waals surface area (Å²) in [5.41, 5.74) is 2.76. The lowest BCUT2D eigenvalue weighted by molar-refractivity contribution is -0.121. The Hall–Kier alpha value is -1.06. The average Bonchev–Trinajstić information content (AvgIpc) is 2.45. The molecule has 21 heavy (non-hydrogen) atoms. The van der Waals surface area contributed by atoms with Crippen LogP contribution in [0.2, 0.25) is 0 Å². The lowest BCUT2D eigenvalue weighted by Crippen LogP contribution is -2.42. The van der Waals surface area contributed by atoms with E-state index in [1.54, 1.807) is 0 Å². The third-order valence-corrected chi connectivity index (χ3v) is 4.28. The molecule has 0 radical (unpaired) electrons. The molecule has 4 heteroatoms. The number of carbonyl (C=O) groups excluding carboxylic acids is 1. The van der Waals surface area contributed by atoms with Gasteiger partial charge in [0.15, 0.2) is 0 Å². The summed E-state index contributed by atoms with van der Waals surface area (Å²) in [6.45, 7) is 7.29. The van der Waals surface area contributed by atoms with E-state index in [0.29, 0.717) is 6.42 Å². The van der Waals surface area contributed by atoms with Gasteiger partial charge < -0.3 is 10.6 Å². The van der Waals surface area contributed by atoms with E-state index < -0.39 is 0 Å². The number of carbonyl (C=O) groups is 1. The van der Waals surface area contributed by atoms with E-state index in [-0.39, 0.29) is 23.7 Å². The highest BCUT2D eigenvalue weighted by Gasteiger charge is 2.26. The Morgan fingerprint density at radius 2 is 1.86 bits per heavy atom. The number of hydrogen-bond acceptors (Lipinski definition) is 2. The highest BCUT2D eigenvalue weighted by atomic mass is 35.5. The molecular formula is C17H27ClN2O. The Labute approximate surface area is 134 Å². The van der Waals surface area contributed by atoms with Crippen LogP contribution in [0.15, 0.2) is 24.3 Å². The molecule has 0 bridgehead atoms. The zero-order valence-electron chi connectivity index (χ0n) is 13.1. The SMILES string of the molecule is Cc1ccc(CCC(=O)NCC2(C)CCNCC2)cc1.Cl. The van der Waals surface area contributed by atoms with Crippen molar-refractivity contribution in [2.75, 3.05) is 19.6 Å². The van der Waals surface area contributed by atoms with Gasteiger partial charge in [0.25, 0.3) is 0 Å². The third kappa shape index (κ3) is 6.06. The summed E-state index contributed by atoms with van der Waals surface area (Å²) in [7, 11) is 0. The van der Waals surface area contributed by atoms with Crippen molar-refractivity contribution in [2.45, 2.75) is 39.5 Å². The lowest BCUT2D eigenvalue weighted by atomic mass is 9.81. The highest BCUT2D eigenvalue weighted by Crippen LogP contribution is 2.26. The third-order valence-electron chi connectivity index (χ3n) is 4.28. The van der Waals surface area contributed by atoms with E-state index in [4.69, 9.17) is 0 Å². The fraction of sp³-hybridized carbons (Fsp3) is 0.588. The molecular weight excluding hydrogens is 284 g/mol. The van der Waals surface area contributed by atoms with Gasteiger partial charge in [-0.2, -0.15) is 0 Å². The predicted molar refractivity (Wildman–Crippen MR) is 90.0 cm³/mol. The molecule has 0 atom stereocenters. The van der Waals surface area contributed by atoms with Crippen LogP contribution in [-0.2, 0) is 11.2 Å². The number of hydrogen-bond donors (Lipinski definition) is 2. The normalized spacial score (nSPS) is 16.9. The molecule has 1 saturated heterocycles. The van der Waals surface area contributed by atoms with Crippen LogP contribution in [0, 0.1) is 12.3 Å². The van der Waals surface area contributed by atoms with E-state index in [0.717, 1.165) is 38.9 Å². The van der Waals surface area contributed by atoms with Crippen LogP contribution in [0.5, 0.6) is 0 Å². The van der Waals surface area contributed by atoms with Crippen molar-refractivity contribution < 1.29 is 4.79 Å². The van der Waals surface area contributed by atoms with E-state index in [2.05, 4.69) is 48.7 Å². The van der Waals surface area contributed by atoms with Crippen LogP contribution in [0.25, 0.3) is 0 Å². The average molecular weight is 311 g/mol. The molecule has 0 unspecified atom stereocenters. The second-order valence-electron chi connectivity index (χ2n) is 6.32. The maximum Gasteiger partial charge on any atom is 0.220 e. The standard InChI is InChI=1S/C17H26N2O.ClH/c1-14-3-5-15(6-4-14)7-8-16(20)19-13-17(2)9-11-18-12-10-17;/h3-6,18H,7-13H2,1-2H3,(H,19,20);1H. The van der Waals surface area contributed by atoms with Gasteiger partial charge in [0, 0.05) is 13.0 Å². The number of benzene rings is 1. The summed E-state index contributed by atoms with van der Waals surface area (Å²) in [6.07, 6.45) is 3.69. The molecule has 1 aromatic rings. The molecule has 2 rings (SSSR count). The van der Waals surface area contributed by atoms with Crippen molar-refractivity contribution in [3.63, 3.8) is 0 Å². The zero-order valence-corrected chi connectivity index (χ0v) is 13.9. The first kappa shape index (κ1) is 18.0. The van der Waals surface area contributed by atoms with Gasteiger partial charge >= 0.3 is 0 Å². The minimum Gasteiger partial charge on any atom is -0.356 e. The van der Waals surface area contributed by atoms with Crippen molar-refractivity contribution in [3.05, 3.63) is 35.4 Å². The summed E-state index contributed by atoms with van der Waals surface area (Å²) in [5, 5.41) is 6.47. The van der Waals surface area contributed by atoms with Gasteiger partial charge in [0.2, 0.25) is 5.91 Å². The van der Waals surface area contributed by atoms with Crippen molar-refractivity contribution in [1.29, 1.82) is 0 Å². The minimum absolute atomic E-state index is 0. The molecule has 1 aliphatic heterocycles. The van der Waals surface area contributed by atoms with Crippen LogP contribution in [0.4, 0.5) is 0 Å². The number of halogens is 1. The van der Waals surface area contributed by atoms with E-state index in [1.165, 1.54) is 11.1 Å². The number of nitrogens with one attached hydrogen (secondary N) is 2. The molecule has 0 saturated carbocycles. The highest BCUT2D eigenvalue weighted by molar-refractivity contribution is 5.85. The van der Waals surface area contributed by atoms with Gasteiger partial charge in [-0.25, -0.2) is 0 Å².